The zero-order valence-electron chi connectivity index (χ0n) is 15.6. The molecule has 2 aromatic carbocycles. The zero-order valence-corrected chi connectivity index (χ0v) is 15.6. The van der Waals surface area contributed by atoms with Gasteiger partial charge in [0.1, 0.15) is 5.82 Å². The predicted octanol–water partition coefficient (Wildman–Crippen LogP) is 4.34. The molecule has 1 aliphatic heterocycles. The van der Waals surface area contributed by atoms with Gasteiger partial charge in [-0.15, -0.1) is 0 Å². The molecule has 1 amide bonds. The molecule has 1 heterocycles. The van der Waals surface area contributed by atoms with Gasteiger partial charge in [0.05, 0.1) is 6.54 Å². The van der Waals surface area contributed by atoms with Crippen molar-refractivity contribution in [1.29, 1.82) is 0 Å². The number of benzene rings is 2. The molecule has 138 valence electrons. The second-order valence-electron chi connectivity index (χ2n) is 7.35. The number of carbonyl (C=O) groups excluding carboxylic acids is 1. The Morgan fingerprint density at radius 3 is 2.50 bits per heavy atom. The van der Waals surface area contributed by atoms with Crippen LogP contribution in [-0.2, 0) is 11.2 Å². The summed E-state index contributed by atoms with van der Waals surface area (Å²) in [5.74, 6) is 0.480. The second kappa shape index (κ2) is 8.45. The molecule has 3 rings (SSSR count). The summed E-state index contributed by atoms with van der Waals surface area (Å²) in [6.07, 6.45) is 3.14. The molecule has 0 unspecified atom stereocenters. The summed E-state index contributed by atoms with van der Waals surface area (Å²) in [7, 11) is 0. The minimum Gasteiger partial charge on any atom is -0.325 e. The third-order valence-electron chi connectivity index (χ3n) is 5.39. The number of aryl methyl sites for hydroxylation is 1. The van der Waals surface area contributed by atoms with E-state index in [4.69, 9.17) is 0 Å². The molecular weight excluding hydrogens is 327 g/mol. The highest BCUT2D eigenvalue weighted by molar-refractivity contribution is 5.93. The Hall–Kier alpha value is -2.20. The molecule has 0 spiro atoms. The van der Waals surface area contributed by atoms with Crippen LogP contribution in [0, 0.1) is 25.6 Å². The van der Waals surface area contributed by atoms with E-state index in [1.807, 2.05) is 31.2 Å². The van der Waals surface area contributed by atoms with E-state index in [0.717, 1.165) is 43.6 Å². The highest BCUT2D eigenvalue weighted by atomic mass is 19.1. The van der Waals surface area contributed by atoms with Crippen molar-refractivity contribution in [2.75, 3.05) is 25.0 Å². The van der Waals surface area contributed by atoms with Crippen LogP contribution in [0.2, 0.25) is 0 Å². The van der Waals surface area contributed by atoms with E-state index in [2.05, 4.69) is 23.2 Å². The standard InChI is InChI=1S/C22H27FN2O/c1-16-4-3-5-21(17(16)2)24-22(26)15-25-12-10-19(11-13-25)14-18-6-8-20(23)9-7-18/h3-9,19H,10-15H2,1-2H3,(H,24,26). The Balaban J connectivity index is 1.45. The first-order chi connectivity index (χ1) is 12.5. The SMILES string of the molecule is Cc1cccc(NC(=O)CN2CCC(Cc3ccc(F)cc3)CC2)c1C. The number of rotatable bonds is 5. The van der Waals surface area contributed by atoms with Crippen molar-refractivity contribution in [2.45, 2.75) is 33.1 Å². The lowest BCUT2D eigenvalue weighted by atomic mass is 9.90. The summed E-state index contributed by atoms with van der Waals surface area (Å²) in [6, 6.07) is 12.8. The fraction of sp³-hybridized carbons (Fsp3) is 0.409. The molecular formula is C22H27FN2O. The molecule has 0 radical (unpaired) electrons. The van der Waals surface area contributed by atoms with Crippen LogP contribution in [0.4, 0.5) is 10.1 Å². The van der Waals surface area contributed by atoms with E-state index in [0.29, 0.717) is 12.5 Å². The van der Waals surface area contributed by atoms with Gasteiger partial charge in [0, 0.05) is 5.69 Å². The molecule has 26 heavy (non-hydrogen) atoms. The molecule has 3 nitrogen and oxygen atoms in total. The molecule has 4 heteroatoms. The Bertz CT molecular complexity index is 749. The Morgan fingerprint density at radius 2 is 1.81 bits per heavy atom. The van der Waals surface area contributed by atoms with E-state index >= 15 is 0 Å². The summed E-state index contributed by atoms with van der Waals surface area (Å²) in [5, 5.41) is 3.04. The summed E-state index contributed by atoms with van der Waals surface area (Å²) >= 11 is 0. The van der Waals surface area contributed by atoms with Crippen molar-refractivity contribution in [1.82, 2.24) is 4.90 Å². The predicted molar refractivity (Wildman–Crippen MR) is 104 cm³/mol. The molecule has 1 aliphatic rings. The van der Waals surface area contributed by atoms with E-state index < -0.39 is 0 Å². The zero-order chi connectivity index (χ0) is 18.5. The normalized spacial score (nSPS) is 15.8. The Kier molecular flexibility index (Phi) is 6.04. The number of carbonyl (C=O) groups is 1. The van der Waals surface area contributed by atoms with Crippen LogP contribution in [0.5, 0.6) is 0 Å². The Morgan fingerprint density at radius 1 is 1.12 bits per heavy atom. The molecule has 0 aromatic heterocycles. The van der Waals surface area contributed by atoms with E-state index in [-0.39, 0.29) is 11.7 Å². The maximum absolute atomic E-state index is 13.0. The third-order valence-corrected chi connectivity index (χ3v) is 5.39. The number of hydrogen-bond acceptors (Lipinski definition) is 2. The summed E-state index contributed by atoms with van der Waals surface area (Å²) < 4.78 is 13.0. The molecule has 0 aliphatic carbocycles. The van der Waals surface area contributed by atoms with Crippen molar-refractivity contribution in [2.24, 2.45) is 5.92 Å². The Labute approximate surface area is 155 Å². The van der Waals surface area contributed by atoms with Crippen LogP contribution in [0.25, 0.3) is 0 Å². The lowest BCUT2D eigenvalue weighted by Gasteiger charge is -2.31. The first kappa shape index (κ1) is 18.6. The second-order valence-corrected chi connectivity index (χ2v) is 7.35. The van der Waals surface area contributed by atoms with Gasteiger partial charge in [-0.3, -0.25) is 9.69 Å². The number of nitrogens with one attached hydrogen (secondary N) is 1. The number of halogens is 1. The van der Waals surface area contributed by atoms with Gasteiger partial charge in [-0.25, -0.2) is 4.39 Å². The van der Waals surface area contributed by atoms with Gasteiger partial charge in [0.25, 0.3) is 0 Å². The summed E-state index contributed by atoms with van der Waals surface area (Å²) in [6.45, 7) is 6.40. The van der Waals surface area contributed by atoms with Crippen molar-refractivity contribution < 1.29 is 9.18 Å². The van der Waals surface area contributed by atoms with Crippen LogP contribution < -0.4 is 5.32 Å². The van der Waals surface area contributed by atoms with Gasteiger partial charge in [-0.2, -0.15) is 0 Å². The topological polar surface area (TPSA) is 32.3 Å². The van der Waals surface area contributed by atoms with Gasteiger partial charge >= 0.3 is 0 Å². The number of piperidine rings is 1. The van der Waals surface area contributed by atoms with Gasteiger partial charge < -0.3 is 5.32 Å². The van der Waals surface area contributed by atoms with E-state index in [1.54, 1.807) is 0 Å². The average Bonchev–Trinajstić information content (AvgIpc) is 2.62. The molecule has 0 saturated carbocycles. The maximum Gasteiger partial charge on any atom is 0.238 e. The number of hydrogen-bond donors (Lipinski definition) is 1. The number of likely N-dealkylation sites (tertiary alicyclic amines) is 1. The lowest BCUT2D eigenvalue weighted by Crippen LogP contribution is -2.39. The lowest BCUT2D eigenvalue weighted by molar-refractivity contribution is -0.117. The number of nitrogens with zero attached hydrogens (tertiary/aromatic N) is 1. The van der Waals surface area contributed by atoms with Crippen LogP contribution in [-0.4, -0.2) is 30.4 Å². The highest BCUT2D eigenvalue weighted by Crippen LogP contribution is 2.22. The molecule has 1 fully saturated rings. The number of anilines is 1. The van der Waals surface area contributed by atoms with Gasteiger partial charge in [-0.1, -0.05) is 24.3 Å². The first-order valence-electron chi connectivity index (χ1n) is 9.34. The van der Waals surface area contributed by atoms with E-state index in [9.17, 15) is 9.18 Å². The third kappa shape index (κ3) is 4.92. The van der Waals surface area contributed by atoms with Crippen LogP contribution in [0.1, 0.15) is 29.5 Å². The molecule has 0 atom stereocenters. The average molecular weight is 354 g/mol. The van der Waals surface area contributed by atoms with Crippen LogP contribution in [0.3, 0.4) is 0 Å². The number of amides is 1. The van der Waals surface area contributed by atoms with Gasteiger partial charge in [-0.05, 0) is 87.0 Å². The minimum atomic E-state index is -0.182. The van der Waals surface area contributed by atoms with Gasteiger partial charge in [0.2, 0.25) is 5.91 Å². The fourth-order valence-corrected chi connectivity index (χ4v) is 3.58. The largest absolute Gasteiger partial charge is 0.325 e. The van der Waals surface area contributed by atoms with Crippen molar-refractivity contribution in [3.05, 3.63) is 65.0 Å². The summed E-state index contributed by atoms with van der Waals surface area (Å²) in [5.41, 5.74) is 4.40. The van der Waals surface area contributed by atoms with Crippen LogP contribution >= 0.6 is 0 Å². The molecule has 1 N–H and O–H groups in total. The first-order valence-corrected chi connectivity index (χ1v) is 9.34. The fourth-order valence-electron chi connectivity index (χ4n) is 3.58. The summed E-state index contributed by atoms with van der Waals surface area (Å²) in [4.78, 5) is 14.6. The van der Waals surface area contributed by atoms with Crippen LogP contribution in [0.15, 0.2) is 42.5 Å². The van der Waals surface area contributed by atoms with Crippen molar-refractivity contribution in [3.8, 4) is 0 Å². The molecule has 0 bridgehead atoms. The van der Waals surface area contributed by atoms with Crippen molar-refractivity contribution in [3.63, 3.8) is 0 Å². The highest BCUT2D eigenvalue weighted by Gasteiger charge is 2.21. The van der Waals surface area contributed by atoms with Gasteiger partial charge in [0.15, 0.2) is 0 Å². The maximum atomic E-state index is 13.0. The van der Waals surface area contributed by atoms with E-state index in [1.165, 1.54) is 23.3 Å². The quantitative estimate of drug-likeness (QED) is 0.866. The minimum absolute atomic E-state index is 0.0516. The van der Waals surface area contributed by atoms with Crippen molar-refractivity contribution >= 4 is 11.6 Å². The smallest absolute Gasteiger partial charge is 0.238 e. The molecule has 1 saturated heterocycles. The monoisotopic (exact) mass is 354 g/mol. The molecule has 2 aromatic rings.